The largest absolute Gasteiger partial charge is 0.478 e. The van der Waals surface area contributed by atoms with E-state index in [2.05, 4.69) is 10.3 Å². The van der Waals surface area contributed by atoms with Gasteiger partial charge in [-0.25, -0.2) is 9.78 Å². The van der Waals surface area contributed by atoms with Crippen molar-refractivity contribution in [2.75, 3.05) is 18.5 Å². The predicted molar refractivity (Wildman–Crippen MR) is 51.8 cm³/mol. The van der Waals surface area contributed by atoms with E-state index in [1.54, 1.807) is 0 Å². The first-order valence-electron chi connectivity index (χ1n) is 4.52. The van der Waals surface area contributed by atoms with Crippen LogP contribution >= 0.6 is 0 Å². The van der Waals surface area contributed by atoms with Crippen LogP contribution in [-0.4, -0.2) is 34.3 Å². The van der Waals surface area contributed by atoms with Crippen molar-refractivity contribution in [3.63, 3.8) is 0 Å². The van der Waals surface area contributed by atoms with Gasteiger partial charge < -0.3 is 15.5 Å². The van der Waals surface area contributed by atoms with Crippen molar-refractivity contribution < 1.29 is 28.2 Å². The molecule has 1 heterocycles. The number of aromatic nitrogens is 1. The van der Waals surface area contributed by atoms with Gasteiger partial charge in [-0.3, -0.25) is 0 Å². The Balaban J connectivity index is 3.14. The van der Waals surface area contributed by atoms with Crippen molar-refractivity contribution in [1.82, 2.24) is 4.98 Å². The van der Waals surface area contributed by atoms with E-state index in [1.807, 2.05) is 0 Å². The second kappa shape index (κ2) is 5.00. The molecule has 0 atom stereocenters. The number of alkyl halides is 3. The molecule has 0 aliphatic rings. The molecule has 0 radical (unpaired) electrons. The minimum absolute atomic E-state index is 0.0887. The minimum Gasteiger partial charge on any atom is -0.478 e. The molecule has 0 amide bonds. The number of halogens is 3. The topological polar surface area (TPSA) is 82.5 Å². The monoisotopic (exact) mass is 250 g/mol. The second-order valence-electron chi connectivity index (χ2n) is 3.05. The fourth-order valence-electron chi connectivity index (χ4n) is 1.10. The lowest BCUT2D eigenvalue weighted by molar-refractivity contribution is -0.141. The van der Waals surface area contributed by atoms with Crippen LogP contribution in [0.5, 0.6) is 0 Å². The number of carboxylic acids is 1. The second-order valence-corrected chi connectivity index (χ2v) is 3.05. The Kier molecular flexibility index (Phi) is 3.89. The average molecular weight is 250 g/mol. The Morgan fingerprint density at radius 2 is 2.06 bits per heavy atom. The van der Waals surface area contributed by atoms with Gasteiger partial charge in [0.15, 0.2) is 0 Å². The summed E-state index contributed by atoms with van der Waals surface area (Å²) < 4.78 is 37.0. The summed E-state index contributed by atoms with van der Waals surface area (Å²) >= 11 is 0. The standard InChI is InChI=1S/C9H9F3N2O3/c10-9(11,12)6-2-1-5(8(16)17)7(14-6)13-3-4-15/h1-2,15H,3-4H2,(H,13,14)(H,16,17). The molecule has 8 heteroatoms. The zero-order valence-corrected chi connectivity index (χ0v) is 8.45. The molecule has 0 aliphatic heterocycles. The first-order chi connectivity index (χ1) is 7.86. The lowest BCUT2D eigenvalue weighted by Gasteiger charge is -2.11. The maximum atomic E-state index is 12.3. The van der Waals surface area contributed by atoms with Gasteiger partial charge in [-0.2, -0.15) is 13.2 Å². The molecule has 1 rings (SSSR count). The molecular formula is C9H9F3N2O3. The quantitative estimate of drug-likeness (QED) is 0.748. The van der Waals surface area contributed by atoms with Crippen LogP contribution in [0.4, 0.5) is 19.0 Å². The summed E-state index contributed by atoms with van der Waals surface area (Å²) in [5, 5.41) is 19.6. The predicted octanol–water partition coefficient (Wildman–Crippen LogP) is 1.20. The van der Waals surface area contributed by atoms with Crippen molar-refractivity contribution in [2.24, 2.45) is 0 Å². The van der Waals surface area contributed by atoms with Gasteiger partial charge in [0.25, 0.3) is 0 Å². The smallest absolute Gasteiger partial charge is 0.433 e. The number of carbonyl (C=O) groups is 1. The summed E-state index contributed by atoms with van der Waals surface area (Å²) in [4.78, 5) is 13.9. The minimum atomic E-state index is -4.65. The maximum absolute atomic E-state index is 12.3. The van der Waals surface area contributed by atoms with Crippen molar-refractivity contribution >= 4 is 11.8 Å². The van der Waals surface area contributed by atoms with E-state index in [0.717, 1.165) is 6.07 Å². The summed E-state index contributed by atoms with van der Waals surface area (Å²) in [7, 11) is 0. The fraction of sp³-hybridized carbons (Fsp3) is 0.333. The third-order valence-electron chi connectivity index (χ3n) is 1.82. The number of aliphatic hydroxyl groups is 1. The number of nitrogens with zero attached hydrogens (tertiary/aromatic N) is 1. The molecule has 1 aromatic heterocycles. The number of anilines is 1. The summed E-state index contributed by atoms with van der Waals surface area (Å²) in [5.74, 6) is -1.81. The van der Waals surface area contributed by atoms with Gasteiger partial charge in [-0.1, -0.05) is 0 Å². The Bertz CT molecular complexity index is 420. The Labute approximate surface area is 93.9 Å². The number of rotatable bonds is 4. The number of carboxylic acid groups (broad SMARTS) is 1. The van der Waals surface area contributed by atoms with Crippen LogP contribution in [0.25, 0.3) is 0 Å². The number of aliphatic hydroxyl groups excluding tert-OH is 1. The molecule has 0 aromatic carbocycles. The van der Waals surface area contributed by atoms with Crippen LogP contribution in [0, 0.1) is 0 Å². The number of pyridine rings is 1. The molecule has 94 valence electrons. The number of aromatic carboxylic acids is 1. The van der Waals surface area contributed by atoms with E-state index in [-0.39, 0.29) is 18.7 Å². The molecule has 3 N–H and O–H groups in total. The van der Waals surface area contributed by atoms with Crippen LogP contribution in [0.1, 0.15) is 16.1 Å². The average Bonchev–Trinajstić information content (AvgIpc) is 2.24. The molecule has 5 nitrogen and oxygen atoms in total. The zero-order valence-electron chi connectivity index (χ0n) is 8.45. The third kappa shape index (κ3) is 3.31. The van der Waals surface area contributed by atoms with Crippen LogP contribution in [0.2, 0.25) is 0 Å². The molecule has 0 aliphatic carbocycles. The van der Waals surface area contributed by atoms with Crippen molar-refractivity contribution in [2.45, 2.75) is 6.18 Å². The van der Waals surface area contributed by atoms with Crippen LogP contribution in [0.15, 0.2) is 12.1 Å². The summed E-state index contributed by atoms with van der Waals surface area (Å²) in [5.41, 5.74) is -1.57. The van der Waals surface area contributed by atoms with Gasteiger partial charge in [-0.15, -0.1) is 0 Å². The van der Waals surface area contributed by atoms with Gasteiger partial charge >= 0.3 is 12.1 Å². The molecule has 0 saturated carbocycles. The van der Waals surface area contributed by atoms with E-state index >= 15 is 0 Å². The summed E-state index contributed by atoms with van der Waals surface area (Å²) in [6.07, 6.45) is -4.65. The van der Waals surface area contributed by atoms with Gasteiger partial charge in [0.2, 0.25) is 0 Å². The number of nitrogens with one attached hydrogen (secondary N) is 1. The maximum Gasteiger partial charge on any atom is 0.433 e. The summed E-state index contributed by atoms with van der Waals surface area (Å²) in [6, 6.07) is 1.41. The highest BCUT2D eigenvalue weighted by atomic mass is 19.4. The molecule has 0 unspecified atom stereocenters. The van der Waals surface area contributed by atoms with Crippen molar-refractivity contribution in [1.29, 1.82) is 0 Å². The first kappa shape index (κ1) is 13.2. The lowest BCUT2D eigenvalue weighted by Crippen LogP contribution is -2.15. The van der Waals surface area contributed by atoms with Crippen LogP contribution in [-0.2, 0) is 6.18 Å². The lowest BCUT2D eigenvalue weighted by atomic mass is 10.2. The van der Waals surface area contributed by atoms with Gasteiger partial charge in [-0.05, 0) is 12.1 Å². The van der Waals surface area contributed by atoms with Crippen molar-refractivity contribution in [3.05, 3.63) is 23.4 Å². The molecule has 1 aromatic rings. The van der Waals surface area contributed by atoms with Crippen molar-refractivity contribution in [3.8, 4) is 0 Å². The molecule has 0 saturated heterocycles. The molecular weight excluding hydrogens is 241 g/mol. The Hall–Kier alpha value is -1.83. The molecule has 0 bridgehead atoms. The molecule has 17 heavy (non-hydrogen) atoms. The normalized spacial score (nSPS) is 11.3. The van der Waals surface area contributed by atoms with E-state index < -0.39 is 23.7 Å². The zero-order chi connectivity index (χ0) is 13.1. The Morgan fingerprint density at radius 3 is 2.53 bits per heavy atom. The van der Waals surface area contributed by atoms with Crippen LogP contribution < -0.4 is 5.32 Å². The molecule has 0 fully saturated rings. The summed E-state index contributed by atoms with van der Waals surface area (Å²) in [6.45, 7) is -0.439. The van der Waals surface area contributed by atoms with Crippen LogP contribution in [0.3, 0.4) is 0 Å². The highest BCUT2D eigenvalue weighted by Crippen LogP contribution is 2.29. The van der Waals surface area contributed by atoms with E-state index in [4.69, 9.17) is 10.2 Å². The number of hydrogen-bond donors (Lipinski definition) is 3. The third-order valence-corrected chi connectivity index (χ3v) is 1.82. The van der Waals surface area contributed by atoms with Gasteiger partial charge in [0, 0.05) is 6.54 Å². The first-order valence-corrected chi connectivity index (χ1v) is 4.52. The highest BCUT2D eigenvalue weighted by molar-refractivity contribution is 5.93. The highest BCUT2D eigenvalue weighted by Gasteiger charge is 2.33. The Morgan fingerprint density at radius 1 is 1.41 bits per heavy atom. The fourth-order valence-corrected chi connectivity index (χ4v) is 1.10. The van der Waals surface area contributed by atoms with E-state index in [0.29, 0.717) is 6.07 Å². The van der Waals surface area contributed by atoms with Gasteiger partial charge in [0.1, 0.15) is 17.1 Å². The SMILES string of the molecule is O=C(O)c1ccc(C(F)(F)F)nc1NCCO. The van der Waals surface area contributed by atoms with E-state index in [9.17, 15) is 18.0 Å². The number of hydrogen-bond acceptors (Lipinski definition) is 4. The van der Waals surface area contributed by atoms with E-state index in [1.165, 1.54) is 0 Å². The molecule has 0 spiro atoms. The van der Waals surface area contributed by atoms with Gasteiger partial charge in [0.05, 0.1) is 6.61 Å².